The first-order valence-corrected chi connectivity index (χ1v) is 9.15. The molecule has 2 nitrogen and oxygen atoms in total. The van der Waals surface area contributed by atoms with Crippen molar-refractivity contribution in [2.24, 2.45) is 11.8 Å². The molecule has 1 aliphatic heterocycles. The molecule has 0 spiro atoms. The van der Waals surface area contributed by atoms with E-state index in [0.717, 1.165) is 31.5 Å². The summed E-state index contributed by atoms with van der Waals surface area (Å²) in [6.45, 7) is 3.90. The molecule has 1 atom stereocenters. The highest BCUT2D eigenvalue weighted by atomic mass is 16.7. The van der Waals surface area contributed by atoms with Crippen molar-refractivity contribution in [1.29, 1.82) is 0 Å². The van der Waals surface area contributed by atoms with Crippen LogP contribution in [0.25, 0.3) is 0 Å². The highest BCUT2D eigenvalue weighted by molar-refractivity contribution is 5.28. The van der Waals surface area contributed by atoms with Gasteiger partial charge in [0.1, 0.15) is 0 Å². The van der Waals surface area contributed by atoms with E-state index < -0.39 is 0 Å². The average Bonchev–Trinajstić information content (AvgIpc) is 3.10. The summed E-state index contributed by atoms with van der Waals surface area (Å²) in [6, 6.07) is 8.63. The third kappa shape index (κ3) is 4.11. The van der Waals surface area contributed by atoms with Crippen LogP contribution in [0.2, 0.25) is 0 Å². The Kier molecular flexibility index (Phi) is 5.91. The van der Waals surface area contributed by atoms with Crippen LogP contribution in [0, 0.1) is 11.8 Å². The predicted molar refractivity (Wildman–Crippen MR) is 89.8 cm³/mol. The quantitative estimate of drug-likeness (QED) is 0.712. The van der Waals surface area contributed by atoms with E-state index in [9.17, 15) is 0 Å². The van der Waals surface area contributed by atoms with Crippen molar-refractivity contribution in [3.63, 3.8) is 0 Å². The van der Waals surface area contributed by atoms with E-state index in [2.05, 4.69) is 31.2 Å². The minimum Gasteiger partial charge on any atom is -0.346 e. The van der Waals surface area contributed by atoms with Gasteiger partial charge in [-0.05, 0) is 30.2 Å². The molecule has 0 amide bonds. The number of rotatable bonds is 6. The molecule has 1 saturated heterocycles. The monoisotopic (exact) mass is 302 g/mol. The van der Waals surface area contributed by atoms with Crippen LogP contribution >= 0.6 is 0 Å². The fourth-order valence-electron chi connectivity index (χ4n) is 4.08. The van der Waals surface area contributed by atoms with Gasteiger partial charge in [-0.15, -0.1) is 0 Å². The number of benzene rings is 1. The molecule has 0 N–H and O–H groups in total. The maximum absolute atomic E-state index is 5.68. The fraction of sp³-hybridized carbons (Fsp3) is 0.700. The number of ether oxygens (including phenoxy) is 2. The Hall–Kier alpha value is -0.860. The van der Waals surface area contributed by atoms with E-state index in [0.29, 0.717) is 0 Å². The molecule has 1 saturated carbocycles. The molecule has 0 aromatic heterocycles. The topological polar surface area (TPSA) is 18.5 Å². The van der Waals surface area contributed by atoms with E-state index in [1.807, 2.05) is 0 Å². The van der Waals surface area contributed by atoms with Crippen molar-refractivity contribution < 1.29 is 9.47 Å². The molecule has 2 heteroatoms. The van der Waals surface area contributed by atoms with Crippen LogP contribution in [0.5, 0.6) is 0 Å². The summed E-state index contributed by atoms with van der Waals surface area (Å²) in [5.41, 5.74) is 2.65. The first kappa shape index (κ1) is 16.0. The Morgan fingerprint density at radius 3 is 2.55 bits per heavy atom. The second-order valence-electron chi connectivity index (χ2n) is 7.04. The highest BCUT2D eigenvalue weighted by Crippen LogP contribution is 2.33. The van der Waals surface area contributed by atoms with Gasteiger partial charge in [0.25, 0.3) is 0 Å². The van der Waals surface area contributed by atoms with Crippen LogP contribution < -0.4 is 0 Å². The summed E-state index contributed by atoms with van der Waals surface area (Å²) in [5.74, 6) is 1.86. The van der Waals surface area contributed by atoms with Gasteiger partial charge in [-0.3, -0.25) is 0 Å². The normalized spacial score (nSPS) is 22.0. The van der Waals surface area contributed by atoms with Crippen LogP contribution in [0.3, 0.4) is 0 Å². The summed E-state index contributed by atoms with van der Waals surface area (Å²) < 4.78 is 11.4. The van der Waals surface area contributed by atoms with Crippen molar-refractivity contribution in [2.75, 3.05) is 13.2 Å². The minimum absolute atomic E-state index is 0.132. The maximum Gasteiger partial charge on any atom is 0.184 e. The van der Waals surface area contributed by atoms with E-state index in [1.165, 1.54) is 56.1 Å². The van der Waals surface area contributed by atoms with Crippen molar-refractivity contribution in [3.05, 3.63) is 35.4 Å². The average molecular weight is 302 g/mol. The summed E-state index contributed by atoms with van der Waals surface area (Å²) in [7, 11) is 0. The minimum atomic E-state index is -0.132. The molecule has 122 valence electrons. The summed E-state index contributed by atoms with van der Waals surface area (Å²) in [5, 5.41) is 0. The first-order chi connectivity index (χ1) is 10.8. The largest absolute Gasteiger partial charge is 0.346 e. The van der Waals surface area contributed by atoms with Crippen molar-refractivity contribution >= 4 is 0 Å². The lowest BCUT2D eigenvalue weighted by molar-refractivity contribution is -0.0447. The van der Waals surface area contributed by atoms with Crippen LogP contribution in [0.1, 0.15) is 69.3 Å². The fourth-order valence-corrected chi connectivity index (χ4v) is 4.08. The lowest BCUT2D eigenvalue weighted by Gasteiger charge is -2.27. The molecule has 3 rings (SSSR count). The molecule has 1 unspecified atom stereocenters. The number of hydrogen-bond acceptors (Lipinski definition) is 2. The van der Waals surface area contributed by atoms with Crippen molar-refractivity contribution in [2.45, 2.75) is 64.6 Å². The second kappa shape index (κ2) is 8.12. The third-order valence-electron chi connectivity index (χ3n) is 5.49. The maximum atomic E-state index is 5.68. The van der Waals surface area contributed by atoms with Crippen molar-refractivity contribution in [1.82, 2.24) is 0 Å². The van der Waals surface area contributed by atoms with Gasteiger partial charge in [-0.2, -0.15) is 0 Å². The van der Waals surface area contributed by atoms with Crippen molar-refractivity contribution in [3.8, 4) is 0 Å². The Bertz CT molecular complexity index is 445. The highest BCUT2D eigenvalue weighted by Gasteiger charge is 2.22. The van der Waals surface area contributed by atoms with Crippen LogP contribution in [0.4, 0.5) is 0 Å². The van der Waals surface area contributed by atoms with Gasteiger partial charge in [0, 0.05) is 5.56 Å². The molecule has 2 aliphatic rings. The predicted octanol–water partition coefficient (Wildman–Crippen LogP) is 5.27. The van der Waals surface area contributed by atoms with Gasteiger partial charge in [0.05, 0.1) is 13.2 Å². The molecule has 1 aromatic rings. The zero-order chi connectivity index (χ0) is 15.2. The first-order valence-electron chi connectivity index (χ1n) is 9.15. The van der Waals surface area contributed by atoms with E-state index in [4.69, 9.17) is 9.47 Å². The summed E-state index contributed by atoms with van der Waals surface area (Å²) in [4.78, 5) is 0. The summed E-state index contributed by atoms with van der Waals surface area (Å²) in [6.07, 6.45) is 10.9. The molecular formula is C20H30O2. The zero-order valence-electron chi connectivity index (χ0n) is 13.9. The smallest absolute Gasteiger partial charge is 0.184 e. The molecule has 1 heterocycles. The number of hydrogen-bond donors (Lipinski definition) is 0. The molecular weight excluding hydrogens is 272 g/mol. The molecule has 22 heavy (non-hydrogen) atoms. The lowest BCUT2D eigenvalue weighted by atomic mass is 9.78. The van der Waals surface area contributed by atoms with Gasteiger partial charge < -0.3 is 9.47 Å². The molecule has 0 radical (unpaired) electrons. The van der Waals surface area contributed by atoms with Crippen LogP contribution in [-0.4, -0.2) is 13.2 Å². The Morgan fingerprint density at radius 1 is 1.05 bits per heavy atom. The van der Waals surface area contributed by atoms with E-state index in [-0.39, 0.29) is 6.29 Å². The van der Waals surface area contributed by atoms with Gasteiger partial charge in [0.15, 0.2) is 6.29 Å². The lowest BCUT2D eigenvalue weighted by Crippen LogP contribution is -2.15. The number of aryl methyl sites for hydroxylation is 1. The van der Waals surface area contributed by atoms with Gasteiger partial charge in [-0.25, -0.2) is 0 Å². The van der Waals surface area contributed by atoms with Gasteiger partial charge in [0.2, 0.25) is 0 Å². The standard InChI is InChI=1S/C20H30O2/c1-16(17-9-3-2-4-10-17)8-7-12-18-11-5-6-13-19(18)20-21-14-15-22-20/h5-6,11,13,16-17,20H,2-4,7-10,12,14-15H2,1H3. The van der Waals surface area contributed by atoms with E-state index in [1.54, 1.807) is 0 Å². The van der Waals surface area contributed by atoms with E-state index >= 15 is 0 Å². The SMILES string of the molecule is CC(CCCc1ccccc1C1OCCO1)C1CCCCC1. The Balaban J connectivity index is 1.50. The summed E-state index contributed by atoms with van der Waals surface area (Å²) >= 11 is 0. The molecule has 1 aliphatic carbocycles. The second-order valence-corrected chi connectivity index (χ2v) is 7.04. The van der Waals surface area contributed by atoms with Gasteiger partial charge in [-0.1, -0.05) is 69.7 Å². The van der Waals surface area contributed by atoms with Gasteiger partial charge >= 0.3 is 0 Å². The zero-order valence-corrected chi connectivity index (χ0v) is 13.9. The van der Waals surface area contributed by atoms with Crippen LogP contribution in [0.15, 0.2) is 24.3 Å². The molecule has 1 aromatic carbocycles. The third-order valence-corrected chi connectivity index (χ3v) is 5.49. The molecule has 2 fully saturated rings. The molecule has 0 bridgehead atoms. The Morgan fingerprint density at radius 2 is 1.77 bits per heavy atom. The van der Waals surface area contributed by atoms with Crippen LogP contribution in [-0.2, 0) is 15.9 Å². The Labute approximate surface area is 135 Å².